The van der Waals surface area contributed by atoms with Crippen LogP contribution in [0.25, 0.3) is 0 Å². The molecule has 0 aliphatic carbocycles. The van der Waals surface area contributed by atoms with Crippen LogP contribution in [0.4, 0.5) is 0 Å². The summed E-state index contributed by atoms with van der Waals surface area (Å²) in [7, 11) is 0. The van der Waals surface area contributed by atoms with Crippen molar-refractivity contribution in [2.45, 2.75) is 61.3 Å². The van der Waals surface area contributed by atoms with Crippen LogP contribution in [0.5, 0.6) is 0 Å². The van der Waals surface area contributed by atoms with Crippen molar-refractivity contribution in [3.05, 3.63) is 29.1 Å². The molecule has 1 unspecified atom stereocenters. The summed E-state index contributed by atoms with van der Waals surface area (Å²) in [5.74, 6) is 0.521. The molecule has 2 heterocycles. The highest BCUT2D eigenvalue weighted by Crippen LogP contribution is 2.33. The van der Waals surface area contributed by atoms with Gasteiger partial charge in [0.1, 0.15) is 10.8 Å². The molecule has 0 saturated heterocycles. The van der Waals surface area contributed by atoms with Gasteiger partial charge in [0, 0.05) is 11.8 Å². The number of amides is 2. The SMILES string of the molecule is CC(C)(C)c1cnc(CSc2cnc(C(CCCC(=O)NO)C(N)=O)s2)o1. The van der Waals surface area contributed by atoms with Crippen LogP contribution in [0.2, 0.25) is 0 Å². The standard InChI is InChI=1S/C17H24N4O4S2/c1-17(2,3)11-7-19-13(25-11)9-26-14-8-20-16(27-14)10(15(18)23)5-4-6-12(22)21-24/h7-8,10,24H,4-6,9H2,1-3H3,(H2,18,23)(H,21,22). The van der Waals surface area contributed by atoms with Gasteiger partial charge in [-0.3, -0.25) is 14.8 Å². The maximum Gasteiger partial charge on any atom is 0.243 e. The average Bonchev–Trinajstić information content (AvgIpc) is 3.25. The first-order valence-electron chi connectivity index (χ1n) is 8.46. The first-order valence-corrected chi connectivity index (χ1v) is 10.3. The van der Waals surface area contributed by atoms with Crippen molar-refractivity contribution in [2.75, 3.05) is 0 Å². The summed E-state index contributed by atoms with van der Waals surface area (Å²) < 4.78 is 6.70. The normalized spacial score (nSPS) is 12.7. The number of nitrogens with one attached hydrogen (secondary N) is 1. The molecule has 0 fully saturated rings. The van der Waals surface area contributed by atoms with Crippen molar-refractivity contribution in [1.82, 2.24) is 15.4 Å². The van der Waals surface area contributed by atoms with Gasteiger partial charge in [0.05, 0.1) is 28.3 Å². The largest absolute Gasteiger partial charge is 0.444 e. The summed E-state index contributed by atoms with van der Waals surface area (Å²) in [5.41, 5.74) is 6.96. The van der Waals surface area contributed by atoms with E-state index in [-0.39, 0.29) is 11.8 Å². The number of thioether (sulfide) groups is 1. The van der Waals surface area contributed by atoms with Gasteiger partial charge in [0.15, 0.2) is 0 Å². The molecular weight excluding hydrogens is 388 g/mol. The van der Waals surface area contributed by atoms with Crippen LogP contribution in [0.1, 0.15) is 62.6 Å². The number of hydrogen-bond donors (Lipinski definition) is 3. The van der Waals surface area contributed by atoms with E-state index >= 15 is 0 Å². The molecule has 0 aliphatic heterocycles. The molecule has 0 aliphatic rings. The smallest absolute Gasteiger partial charge is 0.243 e. The number of aromatic nitrogens is 2. The summed E-state index contributed by atoms with van der Waals surface area (Å²) in [5, 5.41) is 9.13. The number of hydroxylamine groups is 1. The number of primary amides is 1. The number of rotatable bonds is 9. The predicted octanol–water partition coefficient (Wildman–Crippen LogP) is 2.97. The van der Waals surface area contributed by atoms with Crippen LogP contribution >= 0.6 is 23.1 Å². The van der Waals surface area contributed by atoms with Crippen LogP contribution < -0.4 is 11.2 Å². The number of thiazole rings is 1. The van der Waals surface area contributed by atoms with E-state index in [0.29, 0.717) is 29.5 Å². The molecule has 0 spiro atoms. The van der Waals surface area contributed by atoms with Crippen LogP contribution in [0, 0.1) is 0 Å². The number of carbonyl (C=O) groups is 2. The zero-order valence-corrected chi connectivity index (χ0v) is 17.2. The molecule has 10 heteroatoms. The molecule has 2 rings (SSSR count). The van der Waals surface area contributed by atoms with Gasteiger partial charge < -0.3 is 10.2 Å². The lowest BCUT2D eigenvalue weighted by atomic mass is 9.94. The van der Waals surface area contributed by atoms with Gasteiger partial charge in [-0.25, -0.2) is 15.4 Å². The monoisotopic (exact) mass is 412 g/mol. The molecule has 4 N–H and O–H groups in total. The first-order chi connectivity index (χ1) is 12.7. The molecule has 8 nitrogen and oxygen atoms in total. The average molecular weight is 413 g/mol. The van der Waals surface area contributed by atoms with Crippen molar-refractivity contribution < 1.29 is 19.2 Å². The molecule has 2 aromatic rings. The maximum absolute atomic E-state index is 11.7. The fourth-order valence-electron chi connectivity index (χ4n) is 2.27. The Morgan fingerprint density at radius 3 is 2.70 bits per heavy atom. The van der Waals surface area contributed by atoms with E-state index in [4.69, 9.17) is 15.4 Å². The molecule has 0 aromatic carbocycles. The molecule has 0 radical (unpaired) electrons. The highest BCUT2D eigenvalue weighted by molar-refractivity contribution is 8.00. The lowest BCUT2D eigenvalue weighted by Crippen LogP contribution is -2.22. The van der Waals surface area contributed by atoms with Gasteiger partial charge in [0.25, 0.3) is 0 Å². The second-order valence-electron chi connectivity index (χ2n) is 7.06. The zero-order valence-electron chi connectivity index (χ0n) is 15.5. The Kier molecular flexibility index (Phi) is 7.40. The zero-order chi connectivity index (χ0) is 20.0. The van der Waals surface area contributed by atoms with E-state index in [1.165, 1.54) is 23.1 Å². The van der Waals surface area contributed by atoms with Gasteiger partial charge in [-0.2, -0.15) is 0 Å². The molecule has 2 amide bonds. The first kappa shape index (κ1) is 21.4. The van der Waals surface area contributed by atoms with Crippen molar-refractivity contribution in [1.29, 1.82) is 0 Å². The molecule has 27 heavy (non-hydrogen) atoms. The minimum Gasteiger partial charge on any atom is -0.444 e. The van der Waals surface area contributed by atoms with Crippen LogP contribution in [0.3, 0.4) is 0 Å². The molecular formula is C17H24N4O4S2. The van der Waals surface area contributed by atoms with Crippen LogP contribution in [0.15, 0.2) is 21.0 Å². The Balaban J connectivity index is 1.94. The highest BCUT2D eigenvalue weighted by Gasteiger charge is 2.22. The summed E-state index contributed by atoms with van der Waals surface area (Å²) in [6, 6.07) is 0. The third-order valence-corrected chi connectivity index (χ3v) is 6.09. The van der Waals surface area contributed by atoms with E-state index in [0.717, 1.165) is 9.97 Å². The van der Waals surface area contributed by atoms with E-state index in [1.54, 1.807) is 17.9 Å². The second-order valence-corrected chi connectivity index (χ2v) is 9.39. The number of nitrogens with two attached hydrogens (primary N) is 1. The molecule has 2 aromatic heterocycles. The van der Waals surface area contributed by atoms with E-state index in [1.807, 2.05) is 0 Å². The van der Waals surface area contributed by atoms with Crippen LogP contribution in [-0.2, 0) is 20.8 Å². The van der Waals surface area contributed by atoms with Crippen molar-refractivity contribution in [3.8, 4) is 0 Å². The molecule has 0 bridgehead atoms. The highest BCUT2D eigenvalue weighted by atomic mass is 32.2. The quantitative estimate of drug-likeness (QED) is 0.328. The molecule has 0 saturated carbocycles. The van der Waals surface area contributed by atoms with Crippen molar-refractivity contribution in [3.63, 3.8) is 0 Å². The number of carbonyl (C=O) groups excluding carboxylic acids is 2. The van der Waals surface area contributed by atoms with Gasteiger partial charge in [-0.15, -0.1) is 23.1 Å². The maximum atomic E-state index is 11.7. The minimum absolute atomic E-state index is 0.0881. The van der Waals surface area contributed by atoms with E-state index in [2.05, 4.69) is 30.7 Å². The van der Waals surface area contributed by atoms with E-state index in [9.17, 15) is 9.59 Å². The number of oxazole rings is 1. The Morgan fingerprint density at radius 2 is 2.11 bits per heavy atom. The van der Waals surface area contributed by atoms with Crippen molar-refractivity contribution >= 4 is 34.9 Å². The van der Waals surface area contributed by atoms with E-state index < -0.39 is 17.7 Å². The Bertz CT molecular complexity index is 782. The number of nitrogens with zero attached hydrogens (tertiary/aromatic N) is 2. The van der Waals surface area contributed by atoms with Crippen molar-refractivity contribution in [2.24, 2.45) is 5.73 Å². The van der Waals surface area contributed by atoms with Gasteiger partial charge in [0.2, 0.25) is 17.7 Å². The fourth-order valence-corrected chi connectivity index (χ4v) is 4.25. The van der Waals surface area contributed by atoms with Gasteiger partial charge in [-0.05, 0) is 12.8 Å². The summed E-state index contributed by atoms with van der Waals surface area (Å²) in [4.78, 5) is 31.4. The predicted molar refractivity (Wildman–Crippen MR) is 103 cm³/mol. The number of hydrogen-bond acceptors (Lipinski definition) is 8. The lowest BCUT2D eigenvalue weighted by molar-refractivity contribution is -0.129. The fraction of sp³-hybridized carbons (Fsp3) is 0.529. The molecule has 148 valence electrons. The van der Waals surface area contributed by atoms with Crippen LogP contribution in [-0.4, -0.2) is 27.0 Å². The minimum atomic E-state index is -0.551. The third kappa shape index (κ3) is 6.33. The molecule has 1 atom stereocenters. The summed E-state index contributed by atoms with van der Waals surface area (Å²) in [6.45, 7) is 6.19. The second kappa shape index (κ2) is 9.34. The van der Waals surface area contributed by atoms with Gasteiger partial charge in [-0.1, -0.05) is 20.8 Å². The Hall–Kier alpha value is -1.91. The Morgan fingerprint density at radius 1 is 1.37 bits per heavy atom. The lowest BCUT2D eigenvalue weighted by Gasteiger charge is -2.12. The summed E-state index contributed by atoms with van der Waals surface area (Å²) in [6.07, 6.45) is 4.39. The Labute approximate surface area is 165 Å². The topological polar surface area (TPSA) is 131 Å². The van der Waals surface area contributed by atoms with Gasteiger partial charge >= 0.3 is 0 Å². The summed E-state index contributed by atoms with van der Waals surface area (Å²) >= 11 is 2.93. The third-order valence-electron chi connectivity index (χ3n) is 3.80.